The first kappa shape index (κ1) is 14.6. The number of Topliss-reactive ketones (excluding diaryl/α,β-unsaturated/α-hetero) is 1. The normalized spacial score (nSPS) is 20.1. The molecule has 0 aliphatic carbocycles. The highest BCUT2D eigenvalue weighted by atomic mass is 16.5. The van der Waals surface area contributed by atoms with Gasteiger partial charge in [0.05, 0.1) is 18.7 Å². The number of rotatable bonds is 5. The second-order valence-corrected chi connectivity index (χ2v) is 5.21. The summed E-state index contributed by atoms with van der Waals surface area (Å²) in [7, 11) is 1.58. The Morgan fingerprint density at radius 1 is 1.45 bits per heavy atom. The second-order valence-electron chi connectivity index (χ2n) is 5.21. The van der Waals surface area contributed by atoms with Crippen LogP contribution in [0.25, 0.3) is 0 Å². The molecule has 2 atom stereocenters. The number of benzene rings is 1. The highest BCUT2D eigenvalue weighted by Crippen LogP contribution is 2.33. The molecule has 0 spiro atoms. The van der Waals surface area contributed by atoms with Crippen molar-refractivity contribution in [3.8, 4) is 5.75 Å². The van der Waals surface area contributed by atoms with Crippen molar-refractivity contribution in [1.29, 1.82) is 0 Å². The molecular formula is C16H21NO3. The number of carbonyl (C=O) groups is 2. The average Bonchev–Trinajstić information content (AvgIpc) is 2.87. The van der Waals surface area contributed by atoms with E-state index >= 15 is 0 Å². The highest BCUT2D eigenvalue weighted by Gasteiger charge is 2.39. The Morgan fingerprint density at radius 3 is 2.80 bits per heavy atom. The Labute approximate surface area is 119 Å². The number of carbonyl (C=O) groups excluding carboxylic acids is 2. The van der Waals surface area contributed by atoms with Gasteiger partial charge >= 0.3 is 0 Å². The van der Waals surface area contributed by atoms with Gasteiger partial charge in [0, 0.05) is 12.5 Å². The Morgan fingerprint density at radius 2 is 2.15 bits per heavy atom. The van der Waals surface area contributed by atoms with Gasteiger partial charge < -0.3 is 9.64 Å². The largest absolute Gasteiger partial charge is 0.495 e. The van der Waals surface area contributed by atoms with Crippen LogP contribution in [0.5, 0.6) is 5.75 Å². The summed E-state index contributed by atoms with van der Waals surface area (Å²) in [6.07, 6.45) is 1.37. The fourth-order valence-corrected chi connectivity index (χ4v) is 2.58. The van der Waals surface area contributed by atoms with Crippen LogP contribution in [0.1, 0.15) is 26.7 Å². The van der Waals surface area contributed by atoms with Crippen LogP contribution in [-0.2, 0) is 9.59 Å². The quantitative estimate of drug-likeness (QED) is 0.776. The molecule has 1 aliphatic heterocycles. The van der Waals surface area contributed by atoms with E-state index in [1.165, 1.54) is 0 Å². The van der Waals surface area contributed by atoms with Gasteiger partial charge in [-0.05, 0) is 25.0 Å². The van der Waals surface area contributed by atoms with Gasteiger partial charge in [-0.1, -0.05) is 26.0 Å². The minimum absolute atomic E-state index is 0.0541. The number of hydrogen-bond acceptors (Lipinski definition) is 3. The van der Waals surface area contributed by atoms with Crippen molar-refractivity contribution in [1.82, 2.24) is 0 Å². The van der Waals surface area contributed by atoms with Crippen LogP contribution in [0.2, 0.25) is 0 Å². The lowest BCUT2D eigenvalue weighted by molar-refractivity contribution is -0.133. The molecule has 4 nitrogen and oxygen atoms in total. The summed E-state index contributed by atoms with van der Waals surface area (Å²) in [6, 6.07) is 7.42. The van der Waals surface area contributed by atoms with Crippen molar-refractivity contribution in [2.24, 2.45) is 11.8 Å². The predicted molar refractivity (Wildman–Crippen MR) is 77.9 cm³/mol. The fraction of sp³-hybridized carbons (Fsp3) is 0.500. The van der Waals surface area contributed by atoms with E-state index < -0.39 is 5.92 Å². The zero-order valence-electron chi connectivity index (χ0n) is 12.3. The molecule has 0 bridgehead atoms. The third-order valence-electron chi connectivity index (χ3n) is 4.02. The average molecular weight is 275 g/mol. The van der Waals surface area contributed by atoms with Gasteiger partial charge in [0.1, 0.15) is 11.5 Å². The molecule has 1 aromatic rings. The van der Waals surface area contributed by atoms with Gasteiger partial charge in [-0.25, -0.2) is 0 Å². The maximum Gasteiger partial charge on any atom is 0.237 e. The Balaban J connectivity index is 2.21. The van der Waals surface area contributed by atoms with E-state index in [9.17, 15) is 9.59 Å². The highest BCUT2D eigenvalue weighted by molar-refractivity contribution is 6.11. The van der Waals surface area contributed by atoms with Crippen LogP contribution in [0, 0.1) is 11.8 Å². The summed E-state index contributed by atoms with van der Waals surface area (Å²) < 4.78 is 5.29. The molecule has 20 heavy (non-hydrogen) atoms. The Bertz CT molecular complexity index is 512. The van der Waals surface area contributed by atoms with Gasteiger partial charge in [0.15, 0.2) is 0 Å². The molecule has 1 aromatic carbocycles. The first-order valence-corrected chi connectivity index (χ1v) is 7.08. The number of hydrogen-bond donors (Lipinski definition) is 0. The summed E-state index contributed by atoms with van der Waals surface area (Å²) in [5, 5.41) is 0. The minimum atomic E-state index is -0.491. The second kappa shape index (κ2) is 6.07. The topological polar surface area (TPSA) is 46.6 Å². The summed E-state index contributed by atoms with van der Waals surface area (Å²) in [5.74, 6) is 0.0867. The molecule has 1 heterocycles. The lowest BCUT2D eigenvalue weighted by atomic mass is 9.91. The minimum Gasteiger partial charge on any atom is -0.495 e. The molecule has 2 rings (SSSR count). The van der Waals surface area contributed by atoms with E-state index in [1.54, 1.807) is 12.0 Å². The number of methoxy groups -OCH3 is 1. The molecule has 2 unspecified atom stereocenters. The van der Waals surface area contributed by atoms with E-state index in [-0.39, 0.29) is 17.6 Å². The van der Waals surface area contributed by atoms with Gasteiger partial charge in [-0.3, -0.25) is 9.59 Å². The van der Waals surface area contributed by atoms with Gasteiger partial charge in [-0.2, -0.15) is 0 Å². The molecular weight excluding hydrogens is 254 g/mol. The molecule has 0 N–H and O–H groups in total. The van der Waals surface area contributed by atoms with E-state index in [2.05, 4.69) is 0 Å². The third kappa shape index (κ3) is 2.55. The number of para-hydroxylation sites is 2. The lowest BCUT2D eigenvalue weighted by Gasteiger charge is -2.20. The molecule has 4 heteroatoms. The number of ether oxygens (including phenoxy) is 1. The molecule has 0 aromatic heterocycles. The maximum atomic E-state index is 12.5. The third-order valence-corrected chi connectivity index (χ3v) is 4.02. The Hall–Kier alpha value is -1.84. The van der Waals surface area contributed by atoms with Gasteiger partial charge in [-0.15, -0.1) is 0 Å². The van der Waals surface area contributed by atoms with E-state index in [4.69, 9.17) is 4.74 Å². The van der Waals surface area contributed by atoms with Crippen LogP contribution in [-0.4, -0.2) is 25.3 Å². The maximum absolute atomic E-state index is 12.5. The monoisotopic (exact) mass is 275 g/mol. The van der Waals surface area contributed by atoms with Crippen LogP contribution < -0.4 is 9.64 Å². The zero-order valence-corrected chi connectivity index (χ0v) is 12.3. The van der Waals surface area contributed by atoms with E-state index in [0.29, 0.717) is 18.7 Å². The molecule has 0 saturated carbocycles. The summed E-state index contributed by atoms with van der Waals surface area (Å²) in [5.41, 5.74) is 0.749. The van der Waals surface area contributed by atoms with Crippen molar-refractivity contribution in [3.63, 3.8) is 0 Å². The lowest BCUT2D eigenvalue weighted by Crippen LogP contribution is -2.32. The summed E-state index contributed by atoms with van der Waals surface area (Å²) in [6.45, 7) is 4.44. The van der Waals surface area contributed by atoms with Crippen LogP contribution in [0.4, 0.5) is 5.69 Å². The van der Waals surface area contributed by atoms with Crippen LogP contribution in [0.15, 0.2) is 24.3 Å². The zero-order chi connectivity index (χ0) is 14.7. The number of ketones is 1. The van der Waals surface area contributed by atoms with Crippen molar-refractivity contribution < 1.29 is 14.3 Å². The summed E-state index contributed by atoms with van der Waals surface area (Å²) in [4.78, 5) is 26.4. The number of nitrogens with zero attached hydrogens (tertiary/aromatic N) is 1. The first-order valence-electron chi connectivity index (χ1n) is 7.08. The number of anilines is 1. The Kier molecular flexibility index (Phi) is 4.42. The van der Waals surface area contributed by atoms with E-state index in [0.717, 1.165) is 12.1 Å². The van der Waals surface area contributed by atoms with Crippen molar-refractivity contribution in [2.75, 3.05) is 18.6 Å². The molecule has 1 fully saturated rings. The fourth-order valence-electron chi connectivity index (χ4n) is 2.58. The molecule has 1 saturated heterocycles. The van der Waals surface area contributed by atoms with Gasteiger partial charge in [0.2, 0.25) is 5.91 Å². The van der Waals surface area contributed by atoms with Crippen LogP contribution >= 0.6 is 0 Å². The summed E-state index contributed by atoms with van der Waals surface area (Å²) >= 11 is 0. The predicted octanol–water partition coefficient (Wildman–Crippen LogP) is 2.66. The van der Waals surface area contributed by atoms with Gasteiger partial charge in [0.25, 0.3) is 0 Å². The van der Waals surface area contributed by atoms with Crippen molar-refractivity contribution >= 4 is 17.4 Å². The molecule has 1 amide bonds. The van der Waals surface area contributed by atoms with Crippen LogP contribution in [0.3, 0.4) is 0 Å². The first-order chi connectivity index (χ1) is 9.60. The van der Waals surface area contributed by atoms with E-state index in [1.807, 2.05) is 38.1 Å². The molecule has 108 valence electrons. The molecule has 1 aliphatic rings. The smallest absolute Gasteiger partial charge is 0.237 e. The van der Waals surface area contributed by atoms with Crippen molar-refractivity contribution in [2.45, 2.75) is 26.7 Å². The standard InChI is InChI=1S/C16H21NO3/c1-4-11(2)15(18)12-9-10-17(16(12)19)13-7-5-6-8-14(13)20-3/h5-8,11-12H,4,9-10H2,1-3H3. The SMILES string of the molecule is CCC(C)C(=O)C1CCN(c2ccccc2OC)C1=O. The number of amides is 1. The van der Waals surface area contributed by atoms with Crippen molar-refractivity contribution in [3.05, 3.63) is 24.3 Å². The molecule has 0 radical (unpaired) electrons.